The molecule has 1 amide bonds. The molecule has 0 radical (unpaired) electrons. The fourth-order valence-corrected chi connectivity index (χ4v) is 4.74. The molecule has 9 heteroatoms. The van der Waals surface area contributed by atoms with E-state index < -0.39 is 0 Å². The Kier molecular flexibility index (Phi) is 6.00. The molecule has 2 aliphatic rings. The molecule has 0 unspecified atom stereocenters. The number of hydrogen-bond acceptors (Lipinski definition) is 8. The highest BCUT2D eigenvalue weighted by Gasteiger charge is 2.24. The van der Waals surface area contributed by atoms with Crippen molar-refractivity contribution in [1.29, 1.82) is 0 Å². The second kappa shape index (κ2) is 9.22. The van der Waals surface area contributed by atoms with E-state index in [-0.39, 0.29) is 5.91 Å². The van der Waals surface area contributed by atoms with E-state index >= 15 is 0 Å². The zero-order valence-electron chi connectivity index (χ0n) is 18.0. The SMILES string of the molecule is Cc1cccc(/C=N/Nc2nc(N3CCOCC3)c3cc(C(=O)NC4CCC4)sc3n2)c1. The number of fused-ring (bicyclic) bond motifs is 1. The van der Waals surface area contributed by atoms with Gasteiger partial charge in [-0.1, -0.05) is 29.8 Å². The van der Waals surface area contributed by atoms with Gasteiger partial charge >= 0.3 is 0 Å². The van der Waals surface area contributed by atoms with Crippen molar-refractivity contribution in [3.05, 3.63) is 46.3 Å². The summed E-state index contributed by atoms with van der Waals surface area (Å²) in [6.07, 6.45) is 5.05. The first-order chi connectivity index (χ1) is 15.7. The predicted octanol–water partition coefficient (Wildman–Crippen LogP) is 3.56. The van der Waals surface area contributed by atoms with Crippen LogP contribution in [0.5, 0.6) is 0 Å². The number of morpholine rings is 1. The quantitative estimate of drug-likeness (QED) is 0.441. The van der Waals surface area contributed by atoms with E-state index in [1.54, 1.807) is 6.21 Å². The van der Waals surface area contributed by atoms with Crippen molar-refractivity contribution in [2.24, 2.45) is 5.10 Å². The second-order valence-corrected chi connectivity index (χ2v) is 9.22. The summed E-state index contributed by atoms with van der Waals surface area (Å²) in [5.41, 5.74) is 5.14. The first-order valence-corrected chi connectivity index (χ1v) is 11.8. The minimum atomic E-state index is -0.0300. The van der Waals surface area contributed by atoms with Gasteiger partial charge in [0.15, 0.2) is 0 Å². The van der Waals surface area contributed by atoms with Gasteiger partial charge in [0.2, 0.25) is 5.95 Å². The lowest BCUT2D eigenvalue weighted by atomic mass is 9.93. The molecule has 1 saturated heterocycles. The molecular formula is C23H26N6O2S. The number of hydrogen-bond donors (Lipinski definition) is 2. The van der Waals surface area contributed by atoms with E-state index in [9.17, 15) is 4.79 Å². The zero-order valence-corrected chi connectivity index (χ0v) is 18.8. The molecule has 2 aromatic heterocycles. The van der Waals surface area contributed by atoms with Gasteiger partial charge < -0.3 is 15.0 Å². The summed E-state index contributed by atoms with van der Waals surface area (Å²) in [6.45, 7) is 4.85. The van der Waals surface area contributed by atoms with Gasteiger partial charge in [-0.05, 0) is 37.8 Å². The summed E-state index contributed by atoms with van der Waals surface area (Å²) in [6, 6.07) is 10.3. The van der Waals surface area contributed by atoms with E-state index in [1.807, 2.05) is 31.2 Å². The maximum Gasteiger partial charge on any atom is 0.261 e. The van der Waals surface area contributed by atoms with Gasteiger partial charge in [-0.15, -0.1) is 11.3 Å². The van der Waals surface area contributed by atoms with Crippen LogP contribution in [-0.4, -0.2) is 54.4 Å². The van der Waals surface area contributed by atoms with E-state index in [2.05, 4.69) is 31.8 Å². The third-order valence-corrected chi connectivity index (χ3v) is 6.80. The summed E-state index contributed by atoms with van der Waals surface area (Å²) in [4.78, 5) is 25.7. The van der Waals surface area contributed by atoms with Crippen LogP contribution in [0.3, 0.4) is 0 Å². The molecule has 1 aliphatic carbocycles. The lowest BCUT2D eigenvalue weighted by Gasteiger charge is -2.28. The number of carbonyl (C=O) groups is 1. The Morgan fingerprint density at radius 1 is 1.25 bits per heavy atom. The number of nitrogens with zero attached hydrogens (tertiary/aromatic N) is 4. The fraction of sp³-hybridized carbons (Fsp3) is 0.391. The normalized spacial score (nSPS) is 17.0. The van der Waals surface area contributed by atoms with Gasteiger partial charge in [0.25, 0.3) is 5.91 Å². The number of rotatable bonds is 6. The summed E-state index contributed by atoms with van der Waals surface area (Å²) >= 11 is 1.39. The number of benzene rings is 1. The van der Waals surface area contributed by atoms with Gasteiger partial charge in [0, 0.05) is 19.1 Å². The molecular weight excluding hydrogens is 424 g/mol. The smallest absolute Gasteiger partial charge is 0.261 e. The maximum atomic E-state index is 12.7. The van der Waals surface area contributed by atoms with Gasteiger partial charge in [0.1, 0.15) is 10.6 Å². The molecule has 0 spiro atoms. The largest absolute Gasteiger partial charge is 0.378 e. The highest BCUT2D eigenvalue weighted by molar-refractivity contribution is 7.20. The van der Waals surface area contributed by atoms with Crippen LogP contribution < -0.4 is 15.6 Å². The molecule has 3 heterocycles. The number of hydrazone groups is 1. The van der Waals surface area contributed by atoms with Crippen LogP contribution in [0.1, 0.15) is 40.1 Å². The Bertz CT molecular complexity index is 1150. The third-order valence-electron chi connectivity index (χ3n) is 5.77. The van der Waals surface area contributed by atoms with Crippen LogP contribution in [0.4, 0.5) is 11.8 Å². The number of carbonyl (C=O) groups excluding carboxylic acids is 1. The minimum Gasteiger partial charge on any atom is -0.378 e. The Morgan fingerprint density at radius 3 is 2.84 bits per heavy atom. The number of anilines is 2. The zero-order chi connectivity index (χ0) is 21.9. The molecule has 3 aromatic rings. The van der Waals surface area contributed by atoms with Gasteiger partial charge in [-0.2, -0.15) is 10.1 Å². The Morgan fingerprint density at radius 2 is 2.09 bits per heavy atom. The highest BCUT2D eigenvalue weighted by atomic mass is 32.1. The van der Waals surface area contributed by atoms with Crippen LogP contribution in [0, 0.1) is 6.92 Å². The molecule has 1 saturated carbocycles. The number of ether oxygens (including phenoxy) is 1. The molecule has 0 atom stereocenters. The van der Waals surface area contributed by atoms with Crippen LogP contribution in [-0.2, 0) is 4.74 Å². The van der Waals surface area contributed by atoms with Crippen molar-refractivity contribution in [1.82, 2.24) is 15.3 Å². The Balaban J connectivity index is 1.43. The lowest BCUT2D eigenvalue weighted by Crippen LogP contribution is -2.39. The van der Waals surface area contributed by atoms with Crippen molar-refractivity contribution in [2.75, 3.05) is 36.6 Å². The standard InChI is InChI=1S/C23H26N6O2S/c1-15-4-2-5-16(12-15)14-24-28-23-26-20(29-8-10-31-11-9-29)18-13-19(32-22(18)27-23)21(30)25-17-6-3-7-17/h2,4-5,12-14,17H,3,6-11H2,1H3,(H,25,30)(H,26,27,28)/b24-14+. The molecule has 8 nitrogen and oxygen atoms in total. The van der Waals surface area contributed by atoms with Crippen LogP contribution >= 0.6 is 11.3 Å². The van der Waals surface area contributed by atoms with Crippen molar-refractivity contribution in [2.45, 2.75) is 32.2 Å². The number of aromatic nitrogens is 2. The average molecular weight is 451 g/mol. The number of thiophene rings is 1. The Labute approximate surface area is 190 Å². The van der Waals surface area contributed by atoms with E-state index in [1.165, 1.54) is 23.3 Å². The van der Waals surface area contributed by atoms with E-state index in [4.69, 9.17) is 9.72 Å². The lowest BCUT2D eigenvalue weighted by molar-refractivity contribution is 0.0921. The van der Waals surface area contributed by atoms with Crippen molar-refractivity contribution in [3.63, 3.8) is 0 Å². The maximum absolute atomic E-state index is 12.7. The van der Waals surface area contributed by atoms with Gasteiger partial charge in [0.05, 0.1) is 29.7 Å². The molecule has 0 bridgehead atoms. The number of nitrogens with one attached hydrogen (secondary N) is 2. The van der Waals surface area contributed by atoms with Crippen molar-refractivity contribution < 1.29 is 9.53 Å². The first kappa shape index (κ1) is 20.8. The van der Waals surface area contributed by atoms with Gasteiger partial charge in [-0.25, -0.2) is 10.4 Å². The van der Waals surface area contributed by atoms with Crippen LogP contribution in [0.15, 0.2) is 35.4 Å². The summed E-state index contributed by atoms with van der Waals surface area (Å²) in [5, 5.41) is 8.34. The first-order valence-electron chi connectivity index (χ1n) is 11.0. The molecule has 2 fully saturated rings. The molecule has 1 aromatic carbocycles. The average Bonchev–Trinajstić information content (AvgIpc) is 3.21. The summed E-state index contributed by atoms with van der Waals surface area (Å²) in [5.74, 6) is 1.19. The van der Waals surface area contributed by atoms with E-state index in [0.29, 0.717) is 30.1 Å². The number of amides is 1. The molecule has 1 aliphatic heterocycles. The predicted molar refractivity (Wildman–Crippen MR) is 128 cm³/mol. The molecule has 5 rings (SSSR count). The van der Waals surface area contributed by atoms with Gasteiger partial charge in [-0.3, -0.25) is 4.79 Å². The van der Waals surface area contributed by atoms with Crippen LogP contribution in [0.2, 0.25) is 0 Å². The van der Waals surface area contributed by atoms with E-state index in [0.717, 1.165) is 47.5 Å². The summed E-state index contributed by atoms with van der Waals surface area (Å²) < 4.78 is 5.51. The Hall–Kier alpha value is -3.04. The molecule has 2 N–H and O–H groups in total. The monoisotopic (exact) mass is 450 g/mol. The van der Waals surface area contributed by atoms with Crippen LogP contribution in [0.25, 0.3) is 10.2 Å². The van der Waals surface area contributed by atoms with Crippen molar-refractivity contribution in [3.8, 4) is 0 Å². The fourth-order valence-electron chi connectivity index (χ4n) is 3.81. The second-order valence-electron chi connectivity index (χ2n) is 8.19. The molecule has 166 valence electrons. The summed E-state index contributed by atoms with van der Waals surface area (Å²) in [7, 11) is 0. The van der Waals surface area contributed by atoms with Crippen molar-refractivity contribution >= 4 is 45.4 Å². The number of aryl methyl sites for hydroxylation is 1. The highest BCUT2D eigenvalue weighted by Crippen LogP contribution is 2.33. The topological polar surface area (TPSA) is 91.7 Å². The minimum absolute atomic E-state index is 0.0300. The molecule has 32 heavy (non-hydrogen) atoms. The third kappa shape index (κ3) is 4.58.